The van der Waals surface area contributed by atoms with Crippen LogP contribution in [-0.4, -0.2) is 45.6 Å². The molecule has 1 atom stereocenters. The maximum absolute atomic E-state index is 12.5. The van der Waals surface area contributed by atoms with Crippen LogP contribution in [0.1, 0.15) is 28.4 Å². The monoisotopic (exact) mass is 362 g/mol. The summed E-state index contributed by atoms with van der Waals surface area (Å²) in [4.78, 5) is 23.2. The Balaban J connectivity index is 1.68. The number of aromatic nitrogens is 3. The molecule has 27 heavy (non-hydrogen) atoms. The number of imidazole rings is 1. The maximum atomic E-state index is 12.5. The first-order chi connectivity index (χ1) is 13.3. The highest BCUT2D eigenvalue weighted by molar-refractivity contribution is 5.78. The van der Waals surface area contributed by atoms with Gasteiger partial charge in [-0.2, -0.15) is 0 Å². The van der Waals surface area contributed by atoms with Crippen LogP contribution in [0.3, 0.4) is 0 Å². The molecule has 3 aromatic rings. The second kappa shape index (κ2) is 7.72. The Hall–Kier alpha value is -2.99. The summed E-state index contributed by atoms with van der Waals surface area (Å²) in [6.07, 6.45) is 7.45. The van der Waals surface area contributed by atoms with Crippen LogP contribution in [0.4, 0.5) is 0 Å². The fourth-order valence-corrected chi connectivity index (χ4v) is 3.69. The number of hydrogen-bond donors (Lipinski definition) is 0. The molecule has 0 spiro atoms. The van der Waals surface area contributed by atoms with E-state index in [0.29, 0.717) is 19.6 Å². The fourth-order valence-electron chi connectivity index (χ4n) is 3.69. The van der Waals surface area contributed by atoms with Crippen molar-refractivity contribution in [2.45, 2.75) is 19.0 Å². The molecule has 4 rings (SSSR count). The van der Waals surface area contributed by atoms with Crippen LogP contribution in [-0.2, 0) is 22.6 Å². The van der Waals surface area contributed by atoms with Crippen molar-refractivity contribution in [3.05, 3.63) is 83.7 Å². The molecule has 6 nitrogen and oxygen atoms in total. The Kier molecular flexibility index (Phi) is 4.98. The van der Waals surface area contributed by atoms with Gasteiger partial charge in [0.1, 0.15) is 12.4 Å². The van der Waals surface area contributed by atoms with E-state index < -0.39 is 0 Å². The topological polar surface area (TPSA) is 60.2 Å². The highest BCUT2D eigenvalue weighted by Crippen LogP contribution is 2.33. The van der Waals surface area contributed by atoms with Crippen LogP contribution < -0.4 is 0 Å². The number of amides is 1. The lowest BCUT2D eigenvalue weighted by Gasteiger charge is -2.34. The van der Waals surface area contributed by atoms with E-state index in [4.69, 9.17) is 4.74 Å². The van der Waals surface area contributed by atoms with Gasteiger partial charge in [-0.15, -0.1) is 0 Å². The molecular weight excluding hydrogens is 340 g/mol. The third-order valence-corrected chi connectivity index (χ3v) is 4.95. The summed E-state index contributed by atoms with van der Waals surface area (Å²) in [5, 5.41) is 0. The molecule has 138 valence electrons. The van der Waals surface area contributed by atoms with Gasteiger partial charge in [-0.05, 0) is 22.8 Å². The number of fused-ring (bicyclic) bond motifs is 1. The average Bonchev–Trinajstić information content (AvgIpc) is 3.16. The van der Waals surface area contributed by atoms with E-state index in [1.54, 1.807) is 13.3 Å². The number of ether oxygens (including phenoxy) is 1. The van der Waals surface area contributed by atoms with Crippen LogP contribution in [0.25, 0.3) is 0 Å². The third-order valence-electron chi connectivity index (χ3n) is 4.95. The van der Waals surface area contributed by atoms with Crippen LogP contribution in [0.2, 0.25) is 0 Å². The fraction of sp³-hybridized carbons (Fsp3) is 0.286. The van der Waals surface area contributed by atoms with Gasteiger partial charge in [-0.1, -0.05) is 30.3 Å². The molecule has 1 aliphatic heterocycles. The van der Waals surface area contributed by atoms with Crippen molar-refractivity contribution in [2.75, 3.05) is 20.3 Å². The van der Waals surface area contributed by atoms with E-state index >= 15 is 0 Å². The SMILES string of the molecule is COCC(=O)N1Cc2ccccc2[C@H](c2nccn2Cc2cccnc2)C1. The second-order valence-electron chi connectivity index (χ2n) is 6.73. The van der Waals surface area contributed by atoms with E-state index in [2.05, 4.69) is 32.7 Å². The summed E-state index contributed by atoms with van der Waals surface area (Å²) < 4.78 is 7.20. The van der Waals surface area contributed by atoms with Gasteiger partial charge in [0, 0.05) is 45.0 Å². The highest BCUT2D eigenvalue weighted by atomic mass is 16.5. The first kappa shape index (κ1) is 17.4. The number of hydrogen-bond acceptors (Lipinski definition) is 4. The molecule has 0 fully saturated rings. The minimum Gasteiger partial charge on any atom is -0.375 e. The summed E-state index contributed by atoms with van der Waals surface area (Å²) in [6.45, 7) is 2.01. The number of nitrogens with zero attached hydrogens (tertiary/aromatic N) is 4. The number of pyridine rings is 1. The van der Waals surface area contributed by atoms with Crippen LogP contribution in [0, 0.1) is 0 Å². The van der Waals surface area contributed by atoms with Gasteiger partial charge in [0.2, 0.25) is 5.91 Å². The van der Waals surface area contributed by atoms with Gasteiger partial charge >= 0.3 is 0 Å². The molecule has 0 saturated carbocycles. The predicted molar refractivity (Wildman–Crippen MR) is 101 cm³/mol. The van der Waals surface area contributed by atoms with E-state index in [9.17, 15) is 4.79 Å². The van der Waals surface area contributed by atoms with Gasteiger partial charge in [0.05, 0.1) is 12.5 Å². The zero-order chi connectivity index (χ0) is 18.6. The smallest absolute Gasteiger partial charge is 0.248 e. The Labute approximate surface area is 158 Å². The molecule has 0 bridgehead atoms. The van der Waals surface area contributed by atoms with Crippen molar-refractivity contribution < 1.29 is 9.53 Å². The van der Waals surface area contributed by atoms with Crippen molar-refractivity contribution in [2.24, 2.45) is 0 Å². The third kappa shape index (κ3) is 3.61. The molecule has 0 saturated heterocycles. The maximum Gasteiger partial charge on any atom is 0.248 e. The molecule has 0 aliphatic carbocycles. The lowest BCUT2D eigenvalue weighted by atomic mass is 9.89. The van der Waals surface area contributed by atoms with E-state index in [1.807, 2.05) is 41.7 Å². The Morgan fingerprint density at radius 1 is 1.22 bits per heavy atom. The molecule has 0 radical (unpaired) electrons. The Morgan fingerprint density at radius 3 is 2.93 bits per heavy atom. The van der Waals surface area contributed by atoms with Gasteiger partial charge in [0.15, 0.2) is 0 Å². The summed E-state index contributed by atoms with van der Waals surface area (Å²) in [6, 6.07) is 12.3. The van der Waals surface area contributed by atoms with Crippen molar-refractivity contribution in [3.63, 3.8) is 0 Å². The number of carbonyl (C=O) groups excluding carboxylic acids is 1. The number of rotatable bonds is 5. The quantitative estimate of drug-likeness (QED) is 0.699. The average molecular weight is 362 g/mol. The van der Waals surface area contributed by atoms with Gasteiger partial charge in [0.25, 0.3) is 0 Å². The summed E-state index contributed by atoms with van der Waals surface area (Å²) >= 11 is 0. The molecule has 1 amide bonds. The van der Waals surface area contributed by atoms with Crippen molar-refractivity contribution >= 4 is 5.91 Å². The largest absolute Gasteiger partial charge is 0.375 e. The summed E-state index contributed by atoms with van der Waals surface area (Å²) in [7, 11) is 1.55. The van der Waals surface area contributed by atoms with Crippen LogP contribution in [0.15, 0.2) is 61.2 Å². The van der Waals surface area contributed by atoms with Crippen LogP contribution in [0.5, 0.6) is 0 Å². The predicted octanol–water partition coefficient (Wildman–Crippen LogP) is 2.45. The lowest BCUT2D eigenvalue weighted by molar-refractivity contribution is -0.136. The molecule has 2 aromatic heterocycles. The standard InChI is InChI=1S/C21H22N4O2/c1-27-15-20(26)25-13-17-6-2-3-7-18(17)19(14-25)21-23-9-10-24(21)12-16-5-4-8-22-11-16/h2-11,19H,12-15H2,1H3/t19-/m1/s1. The molecular formula is C21H22N4O2. The molecule has 3 heterocycles. The first-order valence-electron chi connectivity index (χ1n) is 9.00. The summed E-state index contributed by atoms with van der Waals surface area (Å²) in [5.41, 5.74) is 3.51. The second-order valence-corrected chi connectivity index (χ2v) is 6.73. The summed E-state index contributed by atoms with van der Waals surface area (Å²) in [5.74, 6) is 0.992. The number of methoxy groups -OCH3 is 1. The zero-order valence-corrected chi connectivity index (χ0v) is 15.3. The zero-order valence-electron chi connectivity index (χ0n) is 15.3. The van der Waals surface area contributed by atoms with Crippen LogP contribution >= 0.6 is 0 Å². The van der Waals surface area contributed by atoms with Gasteiger partial charge in [-0.3, -0.25) is 9.78 Å². The molecule has 1 aromatic carbocycles. The Bertz CT molecular complexity index is 923. The van der Waals surface area contributed by atoms with Gasteiger partial charge < -0.3 is 14.2 Å². The van der Waals surface area contributed by atoms with Crippen molar-refractivity contribution in [1.82, 2.24) is 19.4 Å². The van der Waals surface area contributed by atoms with E-state index in [-0.39, 0.29) is 18.4 Å². The van der Waals surface area contributed by atoms with Crippen molar-refractivity contribution in [3.8, 4) is 0 Å². The Morgan fingerprint density at radius 2 is 2.11 bits per heavy atom. The molecule has 0 N–H and O–H groups in total. The highest BCUT2D eigenvalue weighted by Gasteiger charge is 2.31. The van der Waals surface area contributed by atoms with E-state index in [1.165, 1.54) is 5.56 Å². The molecule has 0 unspecified atom stereocenters. The van der Waals surface area contributed by atoms with Gasteiger partial charge in [-0.25, -0.2) is 4.98 Å². The van der Waals surface area contributed by atoms with E-state index in [0.717, 1.165) is 17.0 Å². The molecule has 1 aliphatic rings. The normalized spacial score (nSPS) is 16.2. The first-order valence-corrected chi connectivity index (χ1v) is 9.00. The minimum absolute atomic E-state index is 0.00219. The molecule has 6 heteroatoms. The number of benzene rings is 1. The minimum atomic E-state index is 0.00219. The lowest BCUT2D eigenvalue weighted by Crippen LogP contribution is -2.41. The number of carbonyl (C=O) groups is 1. The van der Waals surface area contributed by atoms with Crippen molar-refractivity contribution in [1.29, 1.82) is 0 Å².